The van der Waals surface area contributed by atoms with Gasteiger partial charge in [0, 0.05) is 6.42 Å². The van der Waals surface area contributed by atoms with Crippen LogP contribution in [0.4, 0.5) is 8.78 Å². The van der Waals surface area contributed by atoms with E-state index in [1.165, 1.54) is 83.5 Å². The van der Waals surface area contributed by atoms with Crippen LogP contribution in [0.1, 0.15) is 116 Å². The van der Waals surface area contributed by atoms with Crippen molar-refractivity contribution in [2.24, 2.45) is 0 Å². The van der Waals surface area contributed by atoms with Crippen LogP contribution in [-0.2, 0) is 0 Å². The largest absolute Gasteiger partial charge is 0.219 e. The average Bonchev–Trinajstić information content (AvgIpc) is 2.45. The van der Waals surface area contributed by atoms with Crippen molar-refractivity contribution in [2.45, 2.75) is 122 Å². The van der Waals surface area contributed by atoms with Crippen LogP contribution in [0.25, 0.3) is 0 Å². The topological polar surface area (TPSA) is 0 Å². The monoisotopic (exact) mass is 334 g/mol. The van der Waals surface area contributed by atoms with E-state index in [0.717, 1.165) is 19.3 Å². The summed E-state index contributed by atoms with van der Waals surface area (Å²) in [5, 5.41) is 0. The van der Waals surface area contributed by atoms with Crippen LogP contribution < -0.4 is 0 Å². The molecule has 0 spiro atoms. The SMILES string of the molecule is CCCCCCCCCCCCCCCCCCC(F)(F)[SiH3]. The minimum atomic E-state index is -2.32. The Balaban J connectivity index is 3.00. The van der Waals surface area contributed by atoms with Gasteiger partial charge in [-0.1, -0.05) is 103 Å². The summed E-state index contributed by atoms with van der Waals surface area (Å²) in [6, 6.07) is 0. The van der Waals surface area contributed by atoms with E-state index in [1.807, 2.05) is 0 Å². The molecule has 0 fully saturated rings. The minimum absolute atomic E-state index is 0.0158. The molecule has 0 aromatic heterocycles. The lowest BCUT2D eigenvalue weighted by atomic mass is 10.0. The van der Waals surface area contributed by atoms with Crippen LogP contribution in [0.15, 0.2) is 0 Å². The first-order valence-electron chi connectivity index (χ1n) is 9.94. The summed E-state index contributed by atoms with van der Waals surface area (Å²) in [5.41, 5.74) is -2.32. The van der Waals surface area contributed by atoms with E-state index in [4.69, 9.17) is 0 Å². The maximum Gasteiger partial charge on any atom is 0.219 e. The number of hydrogen-bond donors (Lipinski definition) is 0. The van der Waals surface area contributed by atoms with Gasteiger partial charge in [-0.2, -0.15) is 0 Å². The second-order valence-electron chi connectivity index (χ2n) is 7.12. The fourth-order valence-corrected chi connectivity index (χ4v) is 3.34. The second-order valence-corrected chi connectivity index (χ2v) is 8.59. The average molecular weight is 335 g/mol. The van der Waals surface area contributed by atoms with Crippen molar-refractivity contribution in [1.29, 1.82) is 0 Å². The van der Waals surface area contributed by atoms with Crippen LogP contribution >= 0.6 is 0 Å². The van der Waals surface area contributed by atoms with E-state index in [1.54, 1.807) is 0 Å². The molecule has 0 aromatic rings. The van der Waals surface area contributed by atoms with Gasteiger partial charge in [0.15, 0.2) is 0 Å². The lowest BCUT2D eigenvalue weighted by molar-refractivity contribution is 0.0819. The van der Waals surface area contributed by atoms with Crippen molar-refractivity contribution in [2.75, 3.05) is 0 Å². The normalized spacial score (nSPS) is 12.1. The molecule has 0 unspecified atom stereocenters. The van der Waals surface area contributed by atoms with Crippen LogP contribution in [0, 0.1) is 0 Å². The van der Waals surface area contributed by atoms with E-state index in [2.05, 4.69) is 6.92 Å². The zero-order chi connectivity index (χ0) is 16.5. The molecule has 0 atom stereocenters. The Morgan fingerprint density at radius 1 is 0.545 bits per heavy atom. The molecule has 134 valence electrons. The Kier molecular flexibility index (Phi) is 16.0. The highest BCUT2D eigenvalue weighted by Crippen LogP contribution is 2.18. The smallest absolute Gasteiger partial charge is 0.213 e. The van der Waals surface area contributed by atoms with Crippen LogP contribution in [0.3, 0.4) is 0 Å². The molecule has 0 saturated heterocycles. The molecule has 0 saturated carbocycles. The number of unbranched alkanes of at least 4 members (excludes halogenated alkanes) is 15. The van der Waals surface area contributed by atoms with E-state index in [9.17, 15) is 8.78 Å². The van der Waals surface area contributed by atoms with Gasteiger partial charge in [0.1, 0.15) is 0 Å². The molecule has 0 amide bonds. The first-order valence-corrected chi connectivity index (χ1v) is 10.9. The maximum atomic E-state index is 12.7. The van der Waals surface area contributed by atoms with Gasteiger partial charge in [-0.3, -0.25) is 0 Å². The second kappa shape index (κ2) is 16.0. The molecule has 0 aliphatic heterocycles. The van der Waals surface area contributed by atoms with Gasteiger partial charge >= 0.3 is 0 Å². The number of alkyl halides is 2. The molecule has 0 aliphatic rings. The first-order chi connectivity index (χ1) is 10.6. The Bertz CT molecular complexity index is 214. The Morgan fingerprint density at radius 2 is 0.818 bits per heavy atom. The zero-order valence-corrected chi connectivity index (χ0v) is 17.3. The van der Waals surface area contributed by atoms with Crippen molar-refractivity contribution >= 4 is 10.2 Å². The zero-order valence-electron chi connectivity index (χ0n) is 15.3. The maximum absolute atomic E-state index is 12.7. The highest BCUT2D eigenvalue weighted by atomic mass is 28.1. The minimum Gasteiger partial charge on any atom is -0.213 e. The Labute approximate surface area is 141 Å². The van der Waals surface area contributed by atoms with Crippen molar-refractivity contribution in [3.63, 3.8) is 0 Å². The van der Waals surface area contributed by atoms with Gasteiger partial charge in [0.05, 0.1) is 10.2 Å². The third kappa shape index (κ3) is 20.1. The van der Waals surface area contributed by atoms with Crippen LogP contribution in [-0.4, -0.2) is 15.8 Å². The standard InChI is InChI=1S/C19H40F2Si/c1-2-3-4-5-6-7-8-9-10-11-12-13-14-15-16-17-18-19(20,21)22/h2-18H2,1,22H3. The van der Waals surface area contributed by atoms with Gasteiger partial charge in [-0.25, -0.2) is 8.78 Å². The van der Waals surface area contributed by atoms with Crippen LogP contribution in [0.2, 0.25) is 0 Å². The first kappa shape index (κ1) is 22.1. The molecule has 0 radical (unpaired) electrons. The molecule has 0 heterocycles. The third-order valence-corrected chi connectivity index (χ3v) is 4.97. The van der Waals surface area contributed by atoms with E-state index in [-0.39, 0.29) is 16.7 Å². The lowest BCUT2D eigenvalue weighted by Crippen LogP contribution is -2.14. The number of hydrogen-bond acceptors (Lipinski definition) is 0. The van der Waals surface area contributed by atoms with Crippen LogP contribution in [0.5, 0.6) is 0 Å². The summed E-state index contributed by atoms with van der Waals surface area (Å²) in [6.45, 7) is 2.27. The molecular formula is C19H40F2Si. The Morgan fingerprint density at radius 3 is 1.09 bits per heavy atom. The van der Waals surface area contributed by atoms with Gasteiger partial charge in [-0.05, 0) is 6.42 Å². The summed E-state index contributed by atoms with van der Waals surface area (Å²) in [5.74, 6) is 0. The van der Waals surface area contributed by atoms with Gasteiger partial charge in [-0.15, -0.1) is 0 Å². The van der Waals surface area contributed by atoms with E-state index >= 15 is 0 Å². The summed E-state index contributed by atoms with van der Waals surface area (Å²) in [6.07, 6.45) is 20.9. The lowest BCUT2D eigenvalue weighted by Gasteiger charge is -2.09. The molecule has 3 heteroatoms. The fourth-order valence-electron chi connectivity index (χ4n) is 2.98. The fraction of sp³-hybridized carbons (Fsp3) is 1.00. The summed E-state index contributed by atoms with van der Waals surface area (Å²) >= 11 is 0. The Hall–Kier alpha value is 0.0769. The van der Waals surface area contributed by atoms with Crippen molar-refractivity contribution in [3.05, 3.63) is 0 Å². The quantitative estimate of drug-likeness (QED) is 0.208. The summed E-state index contributed by atoms with van der Waals surface area (Å²) < 4.78 is 25.3. The molecule has 0 nitrogen and oxygen atoms in total. The molecule has 0 aliphatic carbocycles. The summed E-state index contributed by atoms with van der Waals surface area (Å²) in [7, 11) is 0.0158. The van der Waals surface area contributed by atoms with E-state index < -0.39 is 5.55 Å². The van der Waals surface area contributed by atoms with Gasteiger partial charge in [0.25, 0.3) is 0 Å². The molecule has 0 bridgehead atoms. The molecule has 22 heavy (non-hydrogen) atoms. The van der Waals surface area contributed by atoms with Gasteiger partial charge in [0.2, 0.25) is 5.55 Å². The third-order valence-electron chi connectivity index (χ3n) is 4.47. The van der Waals surface area contributed by atoms with Crippen molar-refractivity contribution < 1.29 is 8.78 Å². The van der Waals surface area contributed by atoms with E-state index in [0.29, 0.717) is 0 Å². The molecular weight excluding hydrogens is 294 g/mol. The van der Waals surface area contributed by atoms with Crippen molar-refractivity contribution in [3.8, 4) is 0 Å². The van der Waals surface area contributed by atoms with Gasteiger partial charge < -0.3 is 0 Å². The highest BCUT2D eigenvalue weighted by Gasteiger charge is 2.18. The number of rotatable bonds is 17. The van der Waals surface area contributed by atoms with Crippen molar-refractivity contribution in [1.82, 2.24) is 0 Å². The number of halogens is 2. The molecule has 0 N–H and O–H groups in total. The molecule has 0 rings (SSSR count). The molecule has 0 aromatic carbocycles. The highest BCUT2D eigenvalue weighted by molar-refractivity contribution is 6.13. The predicted molar refractivity (Wildman–Crippen MR) is 99.0 cm³/mol. The predicted octanol–water partition coefficient (Wildman–Crippen LogP) is 6.60. The summed E-state index contributed by atoms with van der Waals surface area (Å²) in [4.78, 5) is 0.